The molecule has 0 saturated carbocycles. The smallest absolute Gasteiger partial charge is 0.0684 e. The second kappa shape index (κ2) is 6.37. The Bertz CT molecular complexity index is 613. The topological polar surface area (TPSA) is 24.9 Å². The second-order valence-corrected chi connectivity index (χ2v) is 6.88. The minimum Gasteiger partial charge on any atom is -0.304 e. The molecule has 1 aliphatic carbocycles. The summed E-state index contributed by atoms with van der Waals surface area (Å²) in [5.74, 6) is 0. The molecule has 1 aromatic heterocycles. The zero-order chi connectivity index (χ0) is 13.9. The fraction of sp³-hybridized carbons (Fsp3) is 0.312. The molecule has 3 rings (SSSR count). The highest BCUT2D eigenvalue weighted by Gasteiger charge is 2.19. The molecule has 20 heavy (non-hydrogen) atoms. The Hall–Kier alpha value is -0.710. The first kappa shape index (κ1) is 14.2. The standard InChI is InChI=1S/C16H16Br2N2/c17-12-8-14(18)16(19-9-12)10-20-15-7-3-5-11-4-1-2-6-13(11)15/h1-2,4,6,8-9,15,20H,3,5,7,10H2. The molecule has 4 heteroatoms. The van der Waals surface area contributed by atoms with E-state index in [4.69, 9.17) is 0 Å². The van der Waals surface area contributed by atoms with Crippen LogP contribution in [0, 0.1) is 0 Å². The van der Waals surface area contributed by atoms with E-state index in [0.717, 1.165) is 21.2 Å². The number of benzene rings is 1. The number of halogens is 2. The van der Waals surface area contributed by atoms with Crippen molar-refractivity contribution in [2.24, 2.45) is 0 Å². The van der Waals surface area contributed by atoms with Crippen molar-refractivity contribution >= 4 is 31.9 Å². The number of hydrogen-bond acceptors (Lipinski definition) is 2. The minimum atomic E-state index is 0.442. The van der Waals surface area contributed by atoms with Crippen LogP contribution >= 0.6 is 31.9 Å². The normalized spacial score (nSPS) is 17.8. The third kappa shape index (κ3) is 3.13. The van der Waals surface area contributed by atoms with E-state index >= 15 is 0 Å². The molecule has 1 aliphatic rings. The van der Waals surface area contributed by atoms with Gasteiger partial charge in [-0.25, -0.2) is 0 Å². The van der Waals surface area contributed by atoms with Crippen LogP contribution in [0.4, 0.5) is 0 Å². The molecule has 0 spiro atoms. The van der Waals surface area contributed by atoms with Gasteiger partial charge in [0.1, 0.15) is 0 Å². The van der Waals surface area contributed by atoms with Crippen molar-refractivity contribution in [2.45, 2.75) is 31.8 Å². The summed E-state index contributed by atoms with van der Waals surface area (Å²) >= 11 is 7.00. The van der Waals surface area contributed by atoms with Crippen LogP contribution in [0.15, 0.2) is 45.5 Å². The largest absolute Gasteiger partial charge is 0.304 e. The van der Waals surface area contributed by atoms with Crippen LogP contribution in [0.5, 0.6) is 0 Å². The van der Waals surface area contributed by atoms with E-state index < -0.39 is 0 Å². The van der Waals surface area contributed by atoms with Gasteiger partial charge in [-0.1, -0.05) is 24.3 Å². The van der Waals surface area contributed by atoms with E-state index in [2.05, 4.69) is 66.4 Å². The zero-order valence-electron chi connectivity index (χ0n) is 11.1. The molecule has 1 aromatic carbocycles. The van der Waals surface area contributed by atoms with Crippen molar-refractivity contribution in [1.82, 2.24) is 10.3 Å². The van der Waals surface area contributed by atoms with Gasteiger partial charge in [0.25, 0.3) is 0 Å². The zero-order valence-corrected chi connectivity index (χ0v) is 14.2. The summed E-state index contributed by atoms with van der Waals surface area (Å²) in [6.07, 6.45) is 5.50. The van der Waals surface area contributed by atoms with Crippen LogP contribution in [0.25, 0.3) is 0 Å². The Balaban J connectivity index is 1.73. The fourth-order valence-electron chi connectivity index (χ4n) is 2.76. The van der Waals surface area contributed by atoms with E-state index in [1.165, 1.54) is 30.4 Å². The summed E-state index contributed by atoms with van der Waals surface area (Å²) in [7, 11) is 0. The van der Waals surface area contributed by atoms with Gasteiger partial charge in [0.15, 0.2) is 0 Å². The quantitative estimate of drug-likeness (QED) is 0.809. The van der Waals surface area contributed by atoms with Crippen LogP contribution in [0.3, 0.4) is 0 Å². The first-order chi connectivity index (χ1) is 9.74. The third-order valence-electron chi connectivity index (χ3n) is 3.77. The monoisotopic (exact) mass is 394 g/mol. The van der Waals surface area contributed by atoms with Gasteiger partial charge in [-0.05, 0) is 68.3 Å². The van der Waals surface area contributed by atoms with Gasteiger partial charge in [0.2, 0.25) is 0 Å². The lowest BCUT2D eigenvalue weighted by Crippen LogP contribution is -2.25. The van der Waals surface area contributed by atoms with E-state index in [9.17, 15) is 0 Å². The number of aromatic nitrogens is 1. The molecular weight excluding hydrogens is 380 g/mol. The molecule has 1 heterocycles. The predicted molar refractivity (Wildman–Crippen MR) is 88.6 cm³/mol. The highest BCUT2D eigenvalue weighted by molar-refractivity contribution is 9.11. The van der Waals surface area contributed by atoms with Crippen molar-refractivity contribution in [3.63, 3.8) is 0 Å². The second-order valence-electron chi connectivity index (χ2n) is 5.11. The van der Waals surface area contributed by atoms with Gasteiger partial charge in [0.05, 0.1) is 5.69 Å². The van der Waals surface area contributed by atoms with Crippen molar-refractivity contribution in [1.29, 1.82) is 0 Å². The molecule has 0 fully saturated rings. The Morgan fingerprint density at radius 1 is 1.25 bits per heavy atom. The Morgan fingerprint density at radius 3 is 2.95 bits per heavy atom. The maximum Gasteiger partial charge on any atom is 0.0684 e. The Morgan fingerprint density at radius 2 is 2.10 bits per heavy atom. The summed E-state index contributed by atoms with van der Waals surface area (Å²) < 4.78 is 2.04. The molecule has 0 amide bonds. The maximum atomic E-state index is 4.46. The molecule has 2 nitrogen and oxygen atoms in total. The summed E-state index contributed by atoms with van der Waals surface area (Å²) in [6, 6.07) is 11.2. The first-order valence-corrected chi connectivity index (χ1v) is 8.44. The number of hydrogen-bond donors (Lipinski definition) is 1. The highest BCUT2D eigenvalue weighted by atomic mass is 79.9. The number of fused-ring (bicyclic) bond motifs is 1. The van der Waals surface area contributed by atoms with E-state index in [1.807, 2.05) is 12.3 Å². The van der Waals surface area contributed by atoms with Crippen LogP contribution in [0.2, 0.25) is 0 Å². The minimum absolute atomic E-state index is 0.442. The number of pyridine rings is 1. The Kier molecular flexibility index (Phi) is 4.54. The van der Waals surface area contributed by atoms with E-state index in [0.29, 0.717) is 6.04 Å². The molecular formula is C16H16Br2N2. The fourth-order valence-corrected chi connectivity index (χ4v) is 3.89. The van der Waals surface area contributed by atoms with E-state index in [-0.39, 0.29) is 0 Å². The molecule has 0 saturated heterocycles. The average Bonchev–Trinajstić information content (AvgIpc) is 2.46. The third-order valence-corrected chi connectivity index (χ3v) is 4.89. The highest BCUT2D eigenvalue weighted by Crippen LogP contribution is 2.30. The van der Waals surface area contributed by atoms with Crippen LogP contribution in [-0.4, -0.2) is 4.98 Å². The number of nitrogens with one attached hydrogen (secondary N) is 1. The van der Waals surface area contributed by atoms with Crippen molar-refractivity contribution in [3.05, 3.63) is 62.3 Å². The lowest BCUT2D eigenvalue weighted by atomic mass is 9.88. The number of aryl methyl sites for hydroxylation is 1. The SMILES string of the molecule is Brc1cnc(CNC2CCCc3ccccc32)c(Br)c1. The lowest BCUT2D eigenvalue weighted by Gasteiger charge is -2.26. The van der Waals surface area contributed by atoms with Gasteiger partial charge in [-0.2, -0.15) is 0 Å². The summed E-state index contributed by atoms with van der Waals surface area (Å²) in [4.78, 5) is 4.46. The summed E-state index contributed by atoms with van der Waals surface area (Å²) in [5, 5.41) is 3.65. The molecule has 104 valence electrons. The first-order valence-electron chi connectivity index (χ1n) is 6.85. The van der Waals surface area contributed by atoms with Gasteiger partial charge in [-0.3, -0.25) is 4.98 Å². The van der Waals surface area contributed by atoms with Crippen molar-refractivity contribution in [3.8, 4) is 0 Å². The van der Waals surface area contributed by atoms with Crippen LogP contribution < -0.4 is 5.32 Å². The predicted octanol–water partition coefficient (Wildman–Crippen LogP) is 4.77. The average molecular weight is 396 g/mol. The summed E-state index contributed by atoms with van der Waals surface area (Å²) in [5.41, 5.74) is 3.99. The van der Waals surface area contributed by atoms with Gasteiger partial charge in [0, 0.05) is 27.7 Å². The Labute approximate surface area is 136 Å². The van der Waals surface area contributed by atoms with E-state index in [1.54, 1.807) is 0 Å². The molecule has 1 unspecified atom stereocenters. The van der Waals surface area contributed by atoms with Gasteiger partial charge in [-0.15, -0.1) is 0 Å². The lowest BCUT2D eigenvalue weighted by molar-refractivity contribution is 0.456. The van der Waals surface area contributed by atoms with Crippen LogP contribution in [-0.2, 0) is 13.0 Å². The number of nitrogens with zero attached hydrogens (tertiary/aromatic N) is 1. The molecule has 0 radical (unpaired) electrons. The maximum absolute atomic E-state index is 4.46. The van der Waals surface area contributed by atoms with Crippen LogP contribution in [0.1, 0.15) is 35.7 Å². The molecule has 2 aromatic rings. The van der Waals surface area contributed by atoms with Gasteiger partial charge < -0.3 is 5.32 Å². The molecule has 1 atom stereocenters. The molecule has 0 bridgehead atoms. The van der Waals surface area contributed by atoms with Gasteiger partial charge >= 0.3 is 0 Å². The van der Waals surface area contributed by atoms with Crippen molar-refractivity contribution in [2.75, 3.05) is 0 Å². The summed E-state index contributed by atoms with van der Waals surface area (Å²) in [6.45, 7) is 0.785. The molecule has 0 aliphatic heterocycles. The van der Waals surface area contributed by atoms with Crippen molar-refractivity contribution < 1.29 is 0 Å². The molecule has 1 N–H and O–H groups in total. The number of rotatable bonds is 3.